The van der Waals surface area contributed by atoms with Crippen molar-refractivity contribution in [1.82, 2.24) is 30.2 Å². The molecule has 0 bridgehead atoms. The van der Waals surface area contributed by atoms with Gasteiger partial charge in [0.15, 0.2) is 0 Å². The molecule has 1 aromatic carbocycles. The van der Waals surface area contributed by atoms with Crippen molar-refractivity contribution in [3.63, 3.8) is 0 Å². The lowest BCUT2D eigenvalue weighted by molar-refractivity contribution is 0.0503. The Bertz CT molecular complexity index is 2160. The number of piperidine rings is 1. The number of benzene rings is 1. The molecular weight excluding hydrogens is 1300 g/mol. The van der Waals surface area contributed by atoms with E-state index in [-0.39, 0.29) is 0 Å². The van der Waals surface area contributed by atoms with Crippen molar-refractivity contribution in [1.29, 1.82) is 0 Å². The Hall–Kier alpha value is -6.08. The van der Waals surface area contributed by atoms with E-state index in [1.165, 1.54) is 97.2 Å². The largest absolute Gasteiger partial charge is 0.472 e. The zero-order valence-corrected chi connectivity index (χ0v) is 75.9. The Morgan fingerprint density at radius 1 is 0.456 bits per heavy atom. The highest BCUT2D eigenvalue weighted by atomic mass is 32.1. The third-order valence-corrected chi connectivity index (χ3v) is 13.2. The number of ether oxygens (including phenoxy) is 1. The van der Waals surface area contributed by atoms with E-state index in [0.717, 1.165) is 55.4 Å². The molecule has 0 amide bonds. The van der Waals surface area contributed by atoms with Gasteiger partial charge in [-0.3, -0.25) is 9.97 Å². The lowest BCUT2D eigenvalue weighted by Gasteiger charge is -2.21. The van der Waals surface area contributed by atoms with Crippen molar-refractivity contribution >= 4 is 22.7 Å². The van der Waals surface area contributed by atoms with Crippen molar-refractivity contribution in [2.45, 2.75) is 294 Å². The molecule has 0 unspecified atom stereocenters. The van der Waals surface area contributed by atoms with Crippen LogP contribution >= 0.6 is 22.7 Å². The first kappa shape index (κ1) is 124. The van der Waals surface area contributed by atoms with Crippen molar-refractivity contribution in [2.24, 2.45) is 11.8 Å². The highest BCUT2D eigenvalue weighted by molar-refractivity contribution is 7.09. The molecule has 11 heteroatoms. The molecule has 9 nitrogen and oxygen atoms in total. The number of hydrogen-bond donors (Lipinski definition) is 1. The van der Waals surface area contributed by atoms with Crippen LogP contribution in [0.15, 0.2) is 202 Å². The number of morpholine rings is 1. The van der Waals surface area contributed by atoms with Crippen LogP contribution in [0.2, 0.25) is 0 Å². The average molecular weight is 1470 g/mol. The molecule has 103 heavy (non-hydrogen) atoms. The summed E-state index contributed by atoms with van der Waals surface area (Å²) in [5.74, 6) is 3.80. The van der Waals surface area contributed by atoms with Crippen LogP contribution in [0, 0.1) is 67.2 Å². The van der Waals surface area contributed by atoms with E-state index < -0.39 is 0 Å². The van der Waals surface area contributed by atoms with Crippen LogP contribution < -0.4 is 5.32 Å². The second-order valence-electron chi connectivity index (χ2n) is 19.7. The molecule has 12 rings (SSSR count). The Labute approximate surface area is 651 Å². The van der Waals surface area contributed by atoms with E-state index in [2.05, 4.69) is 143 Å². The van der Waals surface area contributed by atoms with Crippen LogP contribution in [0.1, 0.15) is 283 Å². The summed E-state index contributed by atoms with van der Waals surface area (Å²) in [6, 6.07) is 33.8. The predicted octanol–water partition coefficient (Wildman–Crippen LogP) is 30.6. The Kier molecular flexibility index (Phi) is 144. The molecule has 2 aliphatic carbocycles. The van der Waals surface area contributed by atoms with Gasteiger partial charge in [-0.05, 0) is 201 Å². The zero-order valence-electron chi connectivity index (χ0n) is 74.2. The third-order valence-electron chi connectivity index (χ3n) is 11.6. The van der Waals surface area contributed by atoms with Crippen LogP contribution in [0.3, 0.4) is 0 Å². The molecule has 0 atom stereocenters. The molecule has 598 valence electrons. The van der Waals surface area contributed by atoms with Crippen molar-refractivity contribution in [3.8, 4) is 0 Å². The first-order valence-corrected chi connectivity index (χ1v) is 41.8. The van der Waals surface area contributed by atoms with E-state index in [9.17, 15) is 0 Å². The van der Waals surface area contributed by atoms with Crippen LogP contribution in [0.4, 0.5) is 0 Å². The molecule has 9 heterocycles. The maximum atomic E-state index is 5.10. The molecule has 2 aliphatic heterocycles. The van der Waals surface area contributed by atoms with Gasteiger partial charge in [-0.1, -0.05) is 290 Å². The first-order chi connectivity index (χ1) is 50.2. The van der Waals surface area contributed by atoms with E-state index >= 15 is 0 Å². The number of nitrogens with one attached hydrogen (secondary N) is 1. The predicted molar refractivity (Wildman–Crippen MR) is 476 cm³/mol. The highest BCUT2D eigenvalue weighted by Gasteiger charge is 2.06. The second kappa shape index (κ2) is 120. The number of pyridine rings is 2. The SMILES string of the molecule is CC.CC.CC.CC.CC.CC.CC.CC.CC.CC.CC.CC.CC1=CC=CC1.CC1CCCCC1.CC1CCNCC1.CN1CCOCC1.Cc1ccccc1.Cc1ccccn1.Cc1cccnc1.Cc1ccco1.Cc1cccs1.Cc1ccoc1.Cc1ccsc1.Cc1ncccn1. The maximum absolute atomic E-state index is 5.10. The molecule has 1 N–H and O–H groups in total. The minimum absolute atomic E-state index is 0.822. The Morgan fingerprint density at radius 2 is 0.971 bits per heavy atom. The third kappa shape index (κ3) is 117. The van der Waals surface area contributed by atoms with Gasteiger partial charge in [0.2, 0.25) is 0 Å². The van der Waals surface area contributed by atoms with E-state index in [1.54, 1.807) is 72.3 Å². The number of rotatable bonds is 0. The number of aromatic nitrogens is 4. The monoisotopic (exact) mass is 1470 g/mol. The van der Waals surface area contributed by atoms with Gasteiger partial charge in [0.25, 0.3) is 0 Å². The number of nitrogens with zero attached hydrogens (tertiary/aromatic N) is 5. The zero-order chi connectivity index (χ0) is 81.8. The second-order valence-corrected chi connectivity index (χ2v) is 21.7. The lowest BCUT2D eigenvalue weighted by Crippen LogP contribution is -2.32. The van der Waals surface area contributed by atoms with Crippen LogP contribution in [0.25, 0.3) is 0 Å². The number of hydrogen-bond acceptors (Lipinski definition) is 11. The minimum atomic E-state index is 0.822. The summed E-state index contributed by atoms with van der Waals surface area (Å²) in [4.78, 5) is 19.3. The van der Waals surface area contributed by atoms with Crippen molar-refractivity contribution < 1.29 is 13.6 Å². The first-order valence-electron chi connectivity index (χ1n) is 40.0. The molecule has 0 radical (unpaired) electrons. The number of allylic oxidation sites excluding steroid dienone is 4. The minimum Gasteiger partial charge on any atom is -0.472 e. The standard InChI is InChI=1S/C7H14.C7H8.C6H13N.2C6H7N.C6H8.C5H6N2.C5H11NO.2C5H6O.2C5H6S.12C2H6/c2*1-7-5-3-2-4-6-7;1-6-2-4-7-5-3-6;1-6-3-2-4-7-5-6;1-6-4-2-3-5-7-6;1-6-4-2-3-5-6;1-5-6-3-2-4-7-5;1-6-2-4-7-5-3-6;1-5-2-3-6-4-5;1-5-3-2-4-6-5;1-5-2-3-6-4-5;1-5-3-2-4-6-5;12*1-2/h7H,2-6H2,1H3;2-6H,1H3;6-7H,2-5H2,1H3;2*2-5H,1H3;2-4H,5H2,1H3;2-4H,1H3;2-5H2,1H3;4*2-4H,1H3;12*1-2H3. The lowest BCUT2D eigenvalue weighted by atomic mass is 9.91. The van der Waals surface area contributed by atoms with Gasteiger partial charge in [0.05, 0.1) is 32.0 Å². The van der Waals surface area contributed by atoms with Gasteiger partial charge < -0.3 is 23.8 Å². The summed E-state index contributed by atoms with van der Waals surface area (Å²) in [6.45, 7) is 77.4. The number of aryl methyl sites for hydroxylation is 8. The van der Waals surface area contributed by atoms with Crippen LogP contribution in [-0.4, -0.2) is 71.3 Å². The van der Waals surface area contributed by atoms with Crippen LogP contribution in [0.5, 0.6) is 0 Å². The highest BCUT2D eigenvalue weighted by Crippen LogP contribution is 2.22. The summed E-state index contributed by atoms with van der Waals surface area (Å²) in [5, 5.41) is 9.60. The fourth-order valence-electron chi connectivity index (χ4n) is 6.67. The Morgan fingerprint density at radius 3 is 1.16 bits per heavy atom. The normalized spacial score (nSPS) is 11.4. The summed E-state index contributed by atoms with van der Waals surface area (Å²) >= 11 is 3.52. The molecule has 3 fully saturated rings. The Balaban J connectivity index is -0.0000000854. The molecule has 1 saturated carbocycles. The number of thiophene rings is 2. The van der Waals surface area contributed by atoms with Gasteiger partial charge in [-0.2, -0.15) is 11.3 Å². The van der Waals surface area contributed by atoms with Gasteiger partial charge >= 0.3 is 0 Å². The fourth-order valence-corrected chi connectivity index (χ4v) is 7.87. The maximum Gasteiger partial charge on any atom is 0.125 e. The molecule has 7 aromatic heterocycles. The van der Waals surface area contributed by atoms with Crippen molar-refractivity contribution in [2.75, 3.05) is 46.4 Å². The van der Waals surface area contributed by atoms with Gasteiger partial charge in [-0.25, -0.2) is 9.97 Å². The molecular formula is C92H170N6O3S2. The smallest absolute Gasteiger partial charge is 0.125 e. The topological polar surface area (TPSA) is 102 Å². The number of likely N-dealkylation sites (N-methyl/N-ethyl adjacent to an activating group) is 1. The van der Waals surface area contributed by atoms with Gasteiger partial charge in [0, 0.05) is 54.6 Å². The number of furan rings is 2. The summed E-state index contributed by atoms with van der Waals surface area (Å²) in [5.41, 5.74) is 7.61. The molecule has 2 saturated heterocycles. The van der Waals surface area contributed by atoms with Crippen LogP contribution in [-0.2, 0) is 4.74 Å². The van der Waals surface area contributed by atoms with Gasteiger partial charge in [-0.15, -0.1) is 11.3 Å². The summed E-state index contributed by atoms with van der Waals surface area (Å²) in [7, 11) is 2.11. The molecule has 8 aromatic rings. The quantitative estimate of drug-likeness (QED) is 0.159. The van der Waals surface area contributed by atoms with E-state index in [4.69, 9.17) is 13.6 Å². The average Bonchev–Trinajstić information content (AvgIpc) is 4.71. The fraction of sp³-hybridized carbons (Fsp3) is 0.565. The summed E-state index contributed by atoms with van der Waals surface area (Å²) in [6.07, 6.45) is 31.6. The van der Waals surface area contributed by atoms with E-state index in [0.29, 0.717) is 0 Å². The molecule has 0 spiro atoms. The van der Waals surface area contributed by atoms with Crippen molar-refractivity contribution in [3.05, 3.63) is 237 Å². The summed E-state index contributed by atoms with van der Waals surface area (Å²) < 4.78 is 14.6. The van der Waals surface area contributed by atoms with E-state index in [1.807, 2.05) is 274 Å². The van der Waals surface area contributed by atoms with Gasteiger partial charge in [0.1, 0.15) is 11.6 Å². The molecule has 4 aliphatic rings.